The largest absolute Gasteiger partial charge is 0.308 e. The Kier molecular flexibility index (Phi) is 1.82. The smallest absolute Gasteiger partial charge is 0.269 e. The minimum atomic E-state index is -1.26. The van der Waals surface area contributed by atoms with Gasteiger partial charge < -0.3 is 5.73 Å². The molecule has 0 bridgehead atoms. The fourth-order valence-corrected chi connectivity index (χ4v) is 0.0586. The maximum absolute atomic E-state index is 9.69. The van der Waals surface area contributed by atoms with Gasteiger partial charge in [-0.1, -0.05) is 0 Å². The van der Waals surface area contributed by atoms with Crippen molar-refractivity contribution in [2.45, 2.75) is 6.04 Å². The van der Waals surface area contributed by atoms with Crippen molar-refractivity contribution in [2.24, 2.45) is 5.73 Å². The lowest BCUT2D eigenvalue weighted by Gasteiger charge is -1.87. The molecule has 1 radical (unpaired) electrons. The van der Waals surface area contributed by atoms with Crippen LogP contribution < -0.4 is 11.5 Å². The van der Waals surface area contributed by atoms with Crippen LogP contribution in [0.3, 0.4) is 0 Å². The van der Waals surface area contributed by atoms with E-state index in [0.717, 1.165) is 0 Å². The van der Waals surface area contributed by atoms with Gasteiger partial charge in [0.1, 0.15) is 0 Å². The highest BCUT2D eigenvalue weighted by Gasteiger charge is 2.05. The summed E-state index contributed by atoms with van der Waals surface area (Å²) in [6, 6.07) is 0.141. The summed E-state index contributed by atoms with van der Waals surface area (Å²) in [6.45, 7) is 0. The fraction of sp³-hybridized carbons (Fsp3) is 0.333. The van der Waals surface area contributed by atoms with Gasteiger partial charge >= 0.3 is 0 Å². The van der Waals surface area contributed by atoms with Gasteiger partial charge in [-0.25, -0.2) is 0 Å². The molecule has 4 heteroatoms. The Labute approximate surface area is 40.7 Å². The molecule has 0 rings (SSSR count). The van der Waals surface area contributed by atoms with E-state index >= 15 is 0 Å². The number of nitrogens with one attached hydrogen (secondary N) is 1. The third-order valence-electron chi connectivity index (χ3n) is 0.422. The van der Waals surface area contributed by atoms with Crippen molar-refractivity contribution >= 4 is 5.91 Å². The molecule has 1 atom stereocenters. The molecule has 0 aliphatic rings. The van der Waals surface area contributed by atoms with Gasteiger partial charge in [0.05, 0.1) is 6.07 Å². The lowest BCUT2D eigenvalue weighted by atomic mass is 10.3. The van der Waals surface area contributed by atoms with Crippen molar-refractivity contribution in [1.82, 2.24) is 5.73 Å². The molecule has 0 spiro atoms. The maximum atomic E-state index is 9.69. The zero-order valence-corrected chi connectivity index (χ0v) is 3.51. The lowest BCUT2D eigenvalue weighted by molar-refractivity contribution is -0.118. The minimum Gasteiger partial charge on any atom is -0.308 e. The predicted octanol–water partition coefficient (Wildman–Crippen LogP) is -1.35. The summed E-state index contributed by atoms with van der Waals surface area (Å²) in [5.41, 5.74) is 10.9. The Bertz CT molecular complexity index is 114. The molecule has 0 heterocycles. The first kappa shape index (κ1) is 5.92. The molecule has 0 aromatic carbocycles. The summed E-state index contributed by atoms with van der Waals surface area (Å²) in [6.07, 6.45) is 0. The van der Waals surface area contributed by atoms with E-state index in [2.05, 4.69) is 0 Å². The topological polar surface area (TPSA) is 90.7 Å². The maximum Gasteiger partial charge on any atom is 0.269 e. The van der Waals surface area contributed by atoms with E-state index in [1.165, 1.54) is 6.07 Å². The van der Waals surface area contributed by atoms with E-state index in [4.69, 9.17) is 16.7 Å². The number of rotatable bonds is 1. The quantitative estimate of drug-likeness (QED) is 0.439. The van der Waals surface area contributed by atoms with Gasteiger partial charge in [-0.15, -0.1) is 0 Å². The minimum absolute atomic E-state index is 1.04. The van der Waals surface area contributed by atoms with Crippen molar-refractivity contribution in [3.8, 4) is 6.07 Å². The summed E-state index contributed by atoms with van der Waals surface area (Å²) in [5, 5.41) is 7.79. The molecule has 1 amide bonds. The second-order valence-electron chi connectivity index (χ2n) is 0.971. The highest BCUT2D eigenvalue weighted by Crippen LogP contribution is 1.67. The van der Waals surface area contributed by atoms with Crippen molar-refractivity contribution in [3.63, 3.8) is 0 Å². The molecule has 0 fully saturated rings. The van der Waals surface area contributed by atoms with Crippen LogP contribution in [0.5, 0.6) is 0 Å². The first-order valence-electron chi connectivity index (χ1n) is 1.59. The van der Waals surface area contributed by atoms with E-state index in [1.807, 2.05) is 0 Å². The molecule has 0 aliphatic carbocycles. The van der Waals surface area contributed by atoms with E-state index in [9.17, 15) is 4.79 Å². The van der Waals surface area contributed by atoms with Crippen molar-refractivity contribution in [2.75, 3.05) is 0 Å². The number of nitrogens with zero attached hydrogens (tertiary/aromatic N) is 1. The molecule has 0 saturated carbocycles. The van der Waals surface area contributed by atoms with Crippen LogP contribution in [-0.4, -0.2) is 11.9 Å². The Morgan fingerprint density at radius 2 is 2.43 bits per heavy atom. The monoisotopic (exact) mass is 98.0 g/mol. The van der Waals surface area contributed by atoms with Gasteiger partial charge in [0.2, 0.25) is 0 Å². The molecule has 1 unspecified atom stereocenters. The number of amides is 1. The van der Waals surface area contributed by atoms with Crippen LogP contribution in [-0.2, 0) is 4.79 Å². The second-order valence-corrected chi connectivity index (χ2v) is 0.971. The van der Waals surface area contributed by atoms with Crippen LogP contribution in [0.2, 0.25) is 0 Å². The molecular formula is C3H4N3O. The zero-order valence-electron chi connectivity index (χ0n) is 3.51. The molecule has 37 valence electrons. The first-order valence-corrected chi connectivity index (χ1v) is 1.59. The summed E-state index contributed by atoms with van der Waals surface area (Å²) in [4.78, 5) is 9.69. The Morgan fingerprint density at radius 1 is 2.00 bits per heavy atom. The van der Waals surface area contributed by atoms with Crippen LogP contribution in [0, 0.1) is 11.3 Å². The summed E-state index contributed by atoms with van der Waals surface area (Å²) < 4.78 is 0. The predicted molar refractivity (Wildman–Crippen MR) is 21.7 cm³/mol. The highest BCUT2D eigenvalue weighted by molar-refractivity contribution is 5.81. The van der Waals surface area contributed by atoms with Crippen molar-refractivity contribution in [3.05, 3.63) is 0 Å². The highest BCUT2D eigenvalue weighted by atomic mass is 16.1. The average molecular weight is 98.1 g/mol. The molecule has 0 aromatic rings. The van der Waals surface area contributed by atoms with E-state index in [0.29, 0.717) is 0 Å². The molecule has 0 saturated heterocycles. The third kappa shape index (κ3) is 1.73. The number of carbonyl (C=O) groups is 1. The van der Waals surface area contributed by atoms with Crippen molar-refractivity contribution < 1.29 is 4.79 Å². The van der Waals surface area contributed by atoms with Crippen molar-refractivity contribution in [1.29, 1.82) is 5.26 Å². The van der Waals surface area contributed by atoms with E-state index in [-0.39, 0.29) is 0 Å². The normalized spacial score (nSPS) is 12.0. The van der Waals surface area contributed by atoms with Gasteiger partial charge in [0.25, 0.3) is 5.91 Å². The van der Waals surface area contributed by atoms with Gasteiger partial charge in [-0.05, 0) is 0 Å². The zero-order chi connectivity index (χ0) is 5.86. The van der Waals surface area contributed by atoms with Crippen LogP contribution >= 0.6 is 0 Å². The van der Waals surface area contributed by atoms with Gasteiger partial charge in [-0.3, -0.25) is 10.5 Å². The number of carbonyl (C=O) groups excluding carboxylic acids is 1. The summed E-state index contributed by atoms with van der Waals surface area (Å²) >= 11 is 0. The van der Waals surface area contributed by atoms with Crippen LogP contribution in [0.25, 0.3) is 0 Å². The molecule has 0 aromatic heterocycles. The van der Waals surface area contributed by atoms with Gasteiger partial charge in [0, 0.05) is 0 Å². The standard InChI is InChI=1S/C3H4N3O/c4-1-2(5)3(6)7/h2,6H,5H2. The number of nitriles is 1. The third-order valence-corrected chi connectivity index (χ3v) is 0.422. The molecular weight excluding hydrogens is 94.1 g/mol. The number of hydrogen-bond acceptors (Lipinski definition) is 3. The van der Waals surface area contributed by atoms with Crippen LogP contribution in [0.15, 0.2) is 0 Å². The Balaban J connectivity index is 3.63. The van der Waals surface area contributed by atoms with E-state index in [1.54, 1.807) is 0 Å². The van der Waals surface area contributed by atoms with E-state index < -0.39 is 11.9 Å². The van der Waals surface area contributed by atoms with Gasteiger partial charge in [-0.2, -0.15) is 5.26 Å². The molecule has 7 heavy (non-hydrogen) atoms. The lowest BCUT2D eigenvalue weighted by Crippen LogP contribution is -2.28. The molecule has 3 N–H and O–H groups in total. The molecule has 0 aliphatic heterocycles. The number of hydrogen-bond donors (Lipinski definition) is 1. The molecule has 4 nitrogen and oxygen atoms in total. The second kappa shape index (κ2) is 2.16. The summed E-state index contributed by atoms with van der Waals surface area (Å²) in [7, 11) is 0. The average Bonchev–Trinajstić information content (AvgIpc) is 1.65. The first-order chi connectivity index (χ1) is 3.18. The van der Waals surface area contributed by atoms with Crippen LogP contribution in [0.4, 0.5) is 0 Å². The van der Waals surface area contributed by atoms with Crippen LogP contribution in [0.1, 0.15) is 0 Å². The van der Waals surface area contributed by atoms with Gasteiger partial charge in [0.15, 0.2) is 6.04 Å². The fourth-order valence-electron chi connectivity index (χ4n) is 0.0586. The SMILES string of the molecule is N#CC(N)C([NH])=O. The summed E-state index contributed by atoms with van der Waals surface area (Å²) in [5.74, 6) is -1.04. The Hall–Kier alpha value is -1.08. The number of nitrogens with two attached hydrogens (primary N) is 1. The Morgan fingerprint density at radius 3 is 2.43 bits per heavy atom.